The minimum absolute atomic E-state index is 0.155. The number of halogens is 3. The van der Waals surface area contributed by atoms with Gasteiger partial charge in [0.1, 0.15) is 12.5 Å². The summed E-state index contributed by atoms with van der Waals surface area (Å²) >= 11 is 0. The zero-order valence-electron chi connectivity index (χ0n) is 19.4. The number of hydrogen-bond acceptors (Lipinski definition) is 8. The average Bonchev–Trinajstić information content (AvgIpc) is 2.76. The van der Waals surface area contributed by atoms with E-state index in [0.29, 0.717) is 31.5 Å². The third-order valence-corrected chi connectivity index (χ3v) is 3.73. The van der Waals surface area contributed by atoms with Gasteiger partial charge in [-0.05, 0) is 31.9 Å². The van der Waals surface area contributed by atoms with Crippen molar-refractivity contribution in [2.75, 3.05) is 26.6 Å². The summed E-state index contributed by atoms with van der Waals surface area (Å²) in [4.78, 5) is 22.6. The number of aliphatic hydroxyl groups excluding tert-OH is 1. The number of unbranched alkanes of at least 4 members (excludes halogenated alkanes) is 1. The Morgan fingerprint density at radius 1 is 1.35 bits per heavy atom. The molecular weight excluding hydrogens is 461 g/mol. The largest absolute Gasteiger partial charge is 0.463 e. The van der Waals surface area contributed by atoms with Gasteiger partial charge in [-0.2, -0.15) is 23.2 Å². The molecule has 1 aromatic rings. The number of rotatable bonds is 11. The quantitative estimate of drug-likeness (QED) is 0.120. The van der Waals surface area contributed by atoms with Crippen molar-refractivity contribution in [1.82, 2.24) is 9.88 Å². The summed E-state index contributed by atoms with van der Waals surface area (Å²) in [5, 5.41) is 18.3. The molecule has 0 aromatic carbocycles. The Morgan fingerprint density at radius 2 is 2.06 bits per heavy atom. The third kappa shape index (κ3) is 14.7. The normalized spacial score (nSPS) is 12.3. The first-order valence-corrected chi connectivity index (χ1v) is 10.4. The highest BCUT2D eigenvalue weighted by Crippen LogP contribution is 2.27. The number of aliphatic hydroxyl groups is 1. The van der Waals surface area contributed by atoms with Crippen molar-refractivity contribution in [1.29, 1.82) is 0 Å². The summed E-state index contributed by atoms with van der Waals surface area (Å²) in [5.74, 6) is -0.381. The number of pyridine rings is 1. The van der Waals surface area contributed by atoms with Gasteiger partial charge >= 0.3 is 12.2 Å². The highest BCUT2D eigenvalue weighted by molar-refractivity contribution is 5.83. The summed E-state index contributed by atoms with van der Waals surface area (Å²) in [5.41, 5.74) is 5.03. The van der Waals surface area contributed by atoms with E-state index in [0.717, 1.165) is 25.1 Å². The minimum atomic E-state index is -4.50. The number of alkyl halides is 3. The summed E-state index contributed by atoms with van der Waals surface area (Å²) in [6.45, 7) is 7.07. The molecule has 0 saturated carbocycles. The Balaban J connectivity index is 0.00000196. The zero-order chi connectivity index (χ0) is 26.0. The lowest BCUT2D eigenvalue weighted by molar-refractivity contribution is -0.403. The van der Waals surface area contributed by atoms with Gasteiger partial charge in [0.15, 0.2) is 5.82 Å². The summed E-state index contributed by atoms with van der Waals surface area (Å²) in [7, 11) is 0. The third-order valence-electron chi connectivity index (χ3n) is 3.73. The number of ether oxygens (including phenoxy) is 2. The maximum absolute atomic E-state index is 12.6. The number of nitro groups is 1. The second-order valence-corrected chi connectivity index (χ2v) is 6.41. The molecule has 1 aromatic heterocycles. The SMILES string of the molecule is CCCCOC(/N=C/N(CC)Cc1ccc(C(F)(F)F)nc1)=N/C(N)=C\[N+](=O)[O-].CCOCO. The van der Waals surface area contributed by atoms with Gasteiger partial charge in [-0.15, -0.1) is 0 Å². The minimum Gasteiger partial charge on any atom is -0.463 e. The molecule has 0 aliphatic heterocycles. The van der Waals surface area contributed by atoms with Crippen LogP contribution in [0.2, 0.25) is 0 Å². The van der Waals surface area contributed by atoms with Gasteiger partial charge in [-0.1, -0.05) is 19.4 Å². The number of aromatic nitrogens is 1. The van der Waals surface area contributed by atoms with Crippen molar-refractivity contribution in [2.24, 2.45) is 15.7 Å². The van der Waals surface area contributed by atoms with E-state index >= 15 is 0 Å². The Kier molecular flexibility index (Phi) is 15.6. The molecular formula is C20H31F3N6O5. The average molecular weight is 492 g/mol. The Hall–Kier alpha value is -3.26. The predicted octanol–water partition coefficient (Wildman–Crippen LogP) is 3.13. The van der Waals surface area contributed by atoms with E-state index in [1.807, 2.05) is 20.8 Å². The molecule has 0 amide bonds. The van der Waals surface area contributed by atoms with Crippen molar-refractivity contribution in [3.05, 3.63) is 51.7 Å². The molecule has 11 nitrogen and oxygen atoms in total. The van der Waals surface area contributed by atoms with E-state index in [1.54, 1.807) is 4.90 Å². The van der Waals surface area contributed by atoms with Gasteiger partial charge in [0.25, 0.3) is 6.20 Å². The van der Waals surface area contributed by atoms with Gasteiger partial charge in [0.2, 0.25) is 0 Å². The molecule has 1 rings (SSSR count). The van der Waals surface area contributed by atoms with E-state index in [1.165, 1.54) is 12.4 Å². The van der Waals surface area contributed by atoms with Gasteiger partial charge in [-0.3, -0.25) is 15.1 Å². The molecule has 0 unspecified atom stereocenters. The lowest BCUT2D eigenvalue weighted by Gasteiger charge is -2.17. The first-order chi connectivity index (χ1) is 16.1. The molecule has 0 saturated heterocycles. The van der Waals surface area contributed by atoms with Crippen LogP contribution in [0, 0.1) is 10.1 Å². The maximum Gasteiger partial charge on any atom is 0.433 e. The Morgan fingerprint density at radius 3 is 2.50 bits per heavy atom. The standard InChI is InChI=1S/C17H23F3N6O3.C3H8O2/c1-3-5-8-29-16(24-15(21)11-26(27)28)23-12-25(4-2)10-13-6-7-14(22-9-13)17(18,19)20;1-2-5-3-4/h6-7,9,11-12H,3-5,8,10,21H2,1-2H3;4H,2-3H2,1H3/b15-11-,23-12+,24-16+;. The van der Waals surface area contributed by atoms with Crippen LogP contribution in [0.25, 0.3) is 0 Å². The molecule has 0 fully saturated rings. The van der Waals surface area contributed by atoms with Gasteiger partial charge in [-0.25, -0.2) is 0 Å². The highest BCUT2D eigenvalue weighted by atomic mass is 19.4. The van der Waals surface area contributed by atoms with Crippen LogP contribution in [-0.2, 0) is 22.2 Å². The van der Waals surface area contributed by atoms with Crippen LogP contribution in [0.1, 0.15) is 44.9 Å². The molecule has 34 heavy (non-hydrogen) atoms. The van der Waals surface area contributed by atoms with Crippen LogP contribution < -0.4 is 5.73 Å². The number of aliphatic imine (C=N–C) groups is 2. The van der Waals surface area contributed by atoms with E-state index < -0.39 is 16.8 Å². The topological polar surface area (TPSA) is 149 Å². The second-order valence-electron chi connectivity index (χ2n) is 6.41. The molecule has 192 valence electrons. The fourth-order valence-corrected chi connectivity index (χ4v) is 2.03. The molecule has 0 radical (unpaired) electrons. The van der Waals surface area contributed by atoms with Crippen LogP contribution >= 0.6 is 0 Å². The van der Waals surface area contributed by atoms with E-state index in [4.69, 9.17) is 15.6 Å². The van der Waals surface area contributed by atoms with E-state index in [9.17, 15) is 23.3 Å². The number of nitrogens with two attached hydrogens (primary N) is 1. The second kappa shape index (κ2) is 17.2. The molecule has 3 N–H and O–H groups in total. The number of amidine groups is 1. The van der Waals surface area contributed by atoms with Gasteiger partial charge < -0.3 is 25.2 Å². The number of hydrogen-bond donors (Lipinski definition) is 2. The molecule has 14 heteroatoms. The first kappa shape index (κ1) is 30.7. The lowest BCUT2D eigenvalue weighted by Crippen LogP contribution is -2.22. The van der Waals surface area contributed by atoms with Crippen molar-refractivity contribution >= 4 is 12.4 Å². The van der Waals surface area contributed by atoms with Crippen molar-refractivity contribution < 1.29 is 32.7 Å². The Labute approximate surface area is 196 Å². The fraction of sp³-hybridized carbons (Fsp3) is 0.550. The first-order valence-electron chi connectivity index (χ1n) is 10.4. The highest BCUT2D eigenvalue weighted by Gasteiger charge is 2.32. The molecule has 0 aliphatic rings. The molecule has 0 aliphatic carbocycles. The molecule has 1 heterocycles. The van der Waals surface area contributed by atoms with Crippen LogP contribution in [0.3, 0.4) is 0 Å². The van der Waals surface area contributed by atoms with Crippen molar-refractivity contribution in [3.8, 4) is 0 Å². The maximum atomic E-state index is 12.6. The van der Waals surface area contributed by atoms with E-state index in [-0.39, 0.29) is 25.2 Å². The molecule has 0 atom stereocenters. The van der Waals surface area contributed by atoms with Crippen molar-refractivity contribution in [3.63, 3.8) is 0 Å². The van der Waals surface area contributed by atoms with Gasteiger partial charge in [0, 0.05) is 25.9 Å². The lowest BCUT2D eigenvalue weighted by atomic mass is 10.2. The summed E-state index contributed by atoms with van der Waals surface area (Å²) < 4.78 is 47.5. The van der Waals surface area contributed by atoms with Crippen LogP contribution in [-0.4, -0.2) is 58.8 Å². The van der Waals surface area contributed by atoms with Crippen LogP contribution in [0.15, 0.2) is 40.3 Å². The number of nitrogens with zero attached hydrogens (tertiary/aromatic N) is 5. The monoisotopic (exact) mass is 492 g/mol. The van der Waals surface area contributed by atoms with Gasteiger partial charge in [0.05, 0.1) is 17.9 Å². The summed E-state index contributed by atoms with van der Waals surface area (Å²) in [6.07, 6.45) is 0.125. The van der Waals surface area contributed by atoms with E-state index in [2.05, 4.69) is 19.7 Å². The summed E-state index contributed by atoms with van der Waals surface area (Å²) in [6, 6.07) is 2.08. The zero-order valence-corrected chi connectivity index (χ0v) is 19.4. The Bertz CT molecular complexity index is 799. The van der Waals surface area contributed by atoms with Crippen molar-refractivity contribution in [2.45, 2.75) is 46.3 Å². The smallest absolute Gasteiger partial charge is 0.433 e. The fourth-order valence-electron chi connectivity index (χ4n) is 2.03. The molecule has 0 bridgehead atoms. The van der Waals surface area contributed by atoms with Crippen LogP contribution in [0.4, 0.5) is 13.2 Å². The van der Waals surface area contributed by atoms with Crippen LogP contribution in [0.5, 0.6) is 0 Å². The molecule has 0 spiro atoms. The predicted molar refractivity (Wildman–Crippen MR) is 120 cm³/mol.